The summed E-state index contributed by atoms with van der Waals surface area (Å²) in [4.78, 5) is 0. The van der Waals surface area contributed by atoms with Crippen molar-refractivity contribution in [2.45, 2.75) is 19.8 Å². The molecule has 15 heavy (non-hydrogen) atoms. The van der Waals surface area contributed by atoms with Gasteiger partial charge in [0.1, 0.15) is 0 Å². The van der Waals surface area contributed by atoms with E-state index in [9.17, 15) is 4.39 Å². The van der Waals surface area contributed by atoms with Crippen LogP contribution in [0.2, 0.25) is 0 Å². The molecule has 2 nitrogen and oxygen atoms in total. The van der Waals surface area contributed by atoms with E-state index in [1.165, 1.54) is 0 Å². The number of nitrogens with one attached hydrogen (secondary N) is 2. The van der Waals surface area contributed by atoms with E-state index in [4.69, 9.17) is 0 Å². The summed E-state index contributed by atoms with van der Waals surface area (Å²) < 4.78 is 13.5. The van der Waals surface area contributed by atoms with E-state index in [0.717, 1.165) is 18.5 Å². The summed E-state index contributed by atoms with van der Waals surface area (Å²) in [6.45, 7) is 6.22. The van der Waals surface area contributed by atoms with Gasteiger partial charge in [-0.25, -0.2) is 0 Å². The van der Waals surface area contributed by atoms with Gasteiger partial charge < -0.3 is 10.6 Å². The summed E-state index contributed by atoms with van der Waals surface area (Å²) in [6.07, 6.45) is 9.17. The van der Waals surface area contributed by atoms with Crippen molar-refractivity contribution in [1.82, 2.24) is 10.6 Å². The van der Waals surface area contributed by atoms with Crippen LogP contribution in [0.15, 0.2) is 48.2 Å². The Kier molecular flexibility index (Phi) is 4.68. The van der Waals surface area contributed by atoms with E-state index in [-0.39, 0.29) is 5.95 Å². The molecule has 0 saturated carbocycles. The SMILES string of the molecule is C=CN/C(=C\CCC)C1=C(F)NCC=C1. The quantitative estimate of drug-likeness (QED) is 0.679. The van der Waals surface area contributed by atoms with Gasteiger partial charge >= 0.3 is 0 Å². The van der Waals surface area contributed by atoms with Crippen LogP contribution in [0.25, 0.3) is 0 Å². The minimum atomic E-state index is -0.283. The van der Waals surface area contributed by atoms with Crippen LogP contribution in [0.3, 0.4) is 0 Å². The average molecular weight is 208 g/mol. The summed E-state index contributed by atoms with van der Waals surface area (Å²) in [5, 5.41) is 5.61. The molecule has 0 spiro atoms. The first-order valence-corrected chi connectivity index (χ1v) is 5.17. The molecule has 1 rings (SSSR count). The van der Waals surface area contributed by atoms with Crippen molar-refractivity contribution in [2.75, 3.05) is 6.54 Å². The topological polar surface area (TPSA) is 24.1 Å². The molecule has 3 heteroatoms. The zero-order valence-electron chi connectivity index (χ0n) is 9.02. The van der Waals surface area contributed by atoms with Gasteiger partial charge in [0.2, 0.25) is 0 Å². The van der Waals surface area contributed by atoms with Gasteiger partial charge in [0.25, 0.3) is 0 Å². The molecule has 0 unspecified atom stereocenters. The van der Waals surface area contributed by atoms with Gasteiger partial charge in [0.15, 0.2) is 5.95 Å². The maximum Gasteiger partial charge on any atom is 0.196 e. The van der Waals surface area contributed by atoms with Crippen molar-refractivity contribution in [3.05, 3.63) is 48.2 Å². The highest BCUT2D eigenvalue weighted by atomic mass is 19.1. The van der Waals surface area contributed by atoms with Gasteiger partial charge in [0.05, 0.1) is 5.57 Å². The van der Waals surface area contributed by atoms with Crippen LogP contribution in [0.5, 0.6) is 0 Å². The smallest absolute Gasteiger partial charge is 0.196 e. The Balaban J connectivity index is 2.87. The zero-order chi connectivity index (χ0) is 11.1. The third kappa shape index (κ3) is 3.27. The van der Waals surface area contributed by atoms with E-state index in [1.807, 2.05) is 12.2 Å². The standard InChI is InChI=1S/C12H17FN2/c1-3-5-8-11(14-4-2)10-7-6-9-15-12(10)13/h4,6-8,14-15H,2-3,5,9H2,1H3/b11-8-. The normalized spacial score (nSPS) is 16.3. The lowest BCUT2D eigenvalue weighted by molar-refractivity contribution is 0.547. The second-order valence-electron chi connectivity index (χ2n) is 3.27. The largest absolute Gasteiger partial charge is 0.362 e. The van der Waals surface area contributed by atoms with Crippen LogP contribution < -0.4 is 10.6 Å². The van der Waals surface area contributed by atoms with E-state index >= 15 is 0 Å². The van der Waals surface area contributed by atoms with E-state index in [2.05, 4.69) is 24.1 Å². The lowest BCUT2D eigenvalue weighted by atomic mass is 10.1. The van der Waals surface area contributed by atoms with Crippen molar-refractivity contribution in [3.8, 4) is 0 Å². The van der Waals surface area contributed by atoms with E-state index < -0.39 is 0 Å². The predicted octanol–water partition coefficient (Wildman–Crippen LogP) is 2.74. The molecule has 82 valence electrons. The van der Waals surface area contributed by atoms with Crippen LogP contribution in [0, 0.1) is 0 Å². The molecule has 2 N–H and O–H groups in total. The van der Waals surface area contributed by atoms with Gasteiger partial charge in [-0.1, -0.05) is 38.2 Å². The van der Waals surface area contributed by atoms with Crippen LogP contribution in [-0.2, 0) is 0 Å². The monoisotopic (exact) mass is 208 g/mol. The molecule has 1 heterocycles. The molecule has 0 aromatic rings. The number of unbranched alkanes of at least 4 members (excludes halogenated alkanes) is 1. The van der Waals surface area contributed by atoms with Crippen LogP contribution in [0.1, 0.15) is 19.8 Å². The molecule has 0 aromatic heterocycles. The van der Waals surface area contributed by atoms with Crippen molar-refractivity contribution in [2.24, 2.45) is 0 Å². The summed E-state index contributed by atoms with van der Waals surface area (Å²) in [6, 6.07) is 0. The lowest BCUT2D eigenvalue weighted by Crippen LogP contribution is -2.19. The summed E-state index contributed by atoms with van der Waals surface area (Å²) >= 11 is 0. The number of hydrogen-bond donors (Lipinski definition) is 2. The number of halogens is 1. The summed E-state index contributed by atoms with van der Waals surface area (Å²) in [7, 11) is 0. The van der Waals surface area contributed by atoms with Gasteiger partial charge in [-0.05, 0) is 12.6 Å². The summed E-state index contributed by atoms with van der Waals surface area (Å²) in [5.41, 5.74) is 1.34. The Hall–Kier alpha value is -1.51. The fourth-order valence-corrected chi connectivity index (χ4v) is 1.35. The zero-order valence-corrected chi connectivity index (χ0v) is 9.02. The highest BCUT2D eigenvalue weighted by Gasteiger charge is 2.10. The fourth-order valence-electron chi connectivity index (χ4n) is 1.35. The maximum absolute atomic E-state index is 13.5. The van der Waals surface area contributed by atoms with Crippen LogP contribution in [0.4, 0.5) is 4.39 Å². The molecular formula is C12H17FN2. The molecule has 1 aliphatic rings. The molecule has 0 atom stereocenters. The first kappa shape index (κ1) is 11.6. The first-order valence-electron chi connectivity index (χ1n) is 5.17. The molecular weight excluding hydrogens is 191 g/mol. The van der Waals surface area contributed by atoms with Gasteiger partial charge in [-0.15, -0.1) is 0 Å². The maximum atomic E-state index is 13.5. The Labute approximate surface area is 90.3 Å². The number of hydrogen-bond acceptors (Lipinski definition) is 2. The third-order valence-corrected chi connectivity index (χ3v) is 2.08. The highest BCUT2D eigenvalue weighted by molar-refractivity contribution is 5.42. The highest BCUT2D eigenvalue weighted by Crippen LogP contribution is 2.17. The third-order valence-electron chi connectivity index (χ3n) is 2.08. The van der Waals surface area contributed by atoms with Crippen molar-refractivity contribution >= 4 is 0 Å². The minimum absolute atomic E-state index is 0.283. The predicted molar refractivity (Wildman–Crippen MR) is 61.6 cm³/mol. The molecule has 0 saturated heterocycles. The lowest BCUT2D eigenvalue weighted by Gasteiger charge is -2.14. The van der Waals surface area contributed by atoms with Crippen LogP contribution in [-0.4, -0.2) is 6.54 Å². The molecule has 0 amide bonds. The molecule has 1 aliphatic heterocycles. The van der Waals surface area contributed by atoms with Crippen molar-refractivity contribution < 1.29 is 4.39 Å². The Morgan fingerprint density at radius 1 is 1.73 bits per heavy atom. The first-order chi connectivity index (χ1) is 7.29. The number of dihydropyridines is 1. The molecule has 0 fully saturated rings. The van der Waals surface area contributed by atoms with Crippen LogP contribution >= 0.6 is 0 Å². The Bertz CT molecular complexity index is 314. The second-order valence-corrected chi connectivity index (χ2v) is 3.27. The summed E-state index contributed by atoms with van der Waals surface area (Å²) in [5.74, 6) is -0.283. The van der Waals surface area contributed by atoms with Gasteiger partial charge in [0, 0.05) is 12.2 Å². The average Bonchev–Trinajstić information content (AvgIpc) is 2.25. The number of allylic oxidation sites excluding steroid dienone is 2. The van der Waals surface area contributed by atoms with Gasteiger partial charge in [-0.3, -0.25) is 0 Å². The second kappa shape index (κ2) is 6.06. The number of rotatable bonds is 5. The molecule has 0 aromatic carbocycles. The Morgan fingerprint density at radius 2 is 2.53 bits per heavy atom. The van der Waals surface area contributed by atoms with Crippen molar-refractivity contribution in [1.29, 1.82) is 0 Å². The van der Waals surface area contributed by atoms with Gasteiger partial charge in [-0.2, -0.15) is 4.39 Å². The Morgan fingerprint density at radius 3 is 3.13 bits per heavy atom. The van der Waals surface area contributed by atoms with E-state index in [0.29, 0.717) is 12.1 Å². The fraction of sp³-hybridized carbons (Fsp3) is 0.333. The van der Waals surface area contributed by atoms with Crippen molar-refractivity contribution in [3.63, 3.8) is 0 Å². The molecule has 0 radical (unpaired) electrons. The van der Waals surface area contributed by atoms with E-state index in [1.54, 1.807) is 12.3 Å². The molecule has 0 bridgehead atoms. The minimum Gasteiger partial charge on any atom is -0.362 e. The molecule has 0 aliphatic carbocycles.